The summed E-state index contributed by atoms with van der Waals surface area (Å²) in [6.45, 7) is 0. The first-order chi connectivity index (χ1) is 8.02. The molecule has 90 valence electrons. The van der Waals surface area contributed by atoms with E-state index in [1.54, 1.807) is 17.5 Å². The number of aromatic hydroxyl groups is 1. The molecule has 6 heteroatoms. The zero-order valence-electron chi connectivity index (χ0n) is 8.45. The highest BCUT2D eigenvalue weighted by atomic mass is 79.9. The fourth-order valence-corrected chi connectivity index (χ4v) is 2.65. The summed E-state index contributed by atoms with van der Waals surface area (Å²) < 4.78 is 27.0. The molecular formula is C11H8BrF2NOS. The van der Waals surface area contributed by atoms with Crippen LogP contribution in [0, 0.1) is 11.6 Å². The minimum Gasteiger partial charge on any atom is -0.506 e. The van der Waals surface area contributed by atoms with Gasteiger partial charge in [0.2, 0.25) is 0 Å². The molecule has 0 saturated carbocycles. The summed E-state index contributed by atoms with van der Waals surface area (Å²) in [5.74, 6) is -2.53. The zero-order chi connectivity index (χ0) is 12.6. The predicted octanol–water partition coefficient (Wildman–Crippen LogP) is 3.54. The van der Waals surface area contributed by atoms with Gasteiger partial charge in [0.1, 0.15) is 5.75 Å². The van der Waals surface area contributed by atoms with Gasteiger partial charge < -0.3 is 10.8 Å². The first kappa shape index (κ1) is 12.5. The van der Waals surface area contributed by atoms with Gasteiger partial charge in [-0.2, -0.15) is 0 Å². The van der Waals surface area contributed by atoms with E-state index in [9.17, 15) is 13.9 Å². The van der Waals surface area contributed by atoms with Crippen molar-refractivity contribution in [3.8, 4) is 5.75 Å². The quantitative estimate of drug-likeness (QED) is 0.832. The maximum absolute atomic E-state index is 13.7. The molecule has 3 N–H and O–H groups in total. The van der Waals surface area contributed by atoms with Crippen molar-refractivity contribution in [2.75, 3.05) is 0 Å². The van der Waals surface area contributed by atoms with E-state index in [2.05, 4.69) is 15.9 Å². The molecule has 0 aliphatic heterocycles. The van der Waals surface area contributed by atoms with Gasteiger partial charge in [-0.25, -0.2) is 8.78 Å². The molecule has 0 saturated heterocycles. The Morgan fingerprint density at radius 2 is 2.12 bits per heavy atom. The van der Waals surface area contributed by atoms with Crippen LogP contribution in [-0.2, 0) is 0 Å². The lowest BCUT2D eigenvalue weighted by atomic mass is 10.0. The minimum atomic E-state index is -1.12. The van der Waals surface area contributed by atoms with Gasteiger partial charge in [-0.05, 0) is 33.4 Å². The van der Waals surface area contributed by atoms with Gasteiger partial charge in [-0.3, -0.25) is 0 Å². The monoisotopic (exact) mass is 319 g/mol. The molecule has 2 nitrogen and oxygen atoms in total. The van der Waals surface area contributed by atoms with Crippen molar-refractivity contribution in [3.63, 3.8) is 0 Å². The van der Waals surface area contributed by atoms with E-state index < -0.39 is 17.7 Å². The number of halogens is 3. The predicted molar refractivity (Wildman–Crippen MR) is 66.1 cm³/mol. The Balaban J connectivity index is 2.59. The Morgan fingerprint density at radius 1 is 1.41 bits per heavy atom. The first-order valence-corrected chi connectivity index (χ1v) is 6.35. The van der Waals surface area contributed by atoms with Crippen molar-refractivity contribution in [2.24, 2.45) is 5.73 Å². The average Bonchev–Trinajstić information content (AvgIpc) is 2.80. The number of hydrogen-bond acceptors (Lipinski definition) is 3. The number of rotatable bonds is 2. The van der Waals surface area contributed by atoms with Crippen molar-refractivity contribution >= 4 is 27.3 Å². The van der Waals surface area contributed by atoms with Crippen LogP contribution in [0.15, 0.2) is 28.1 Å². The maximum atomic E-state index is 13.7. The van der Waals surface area contributed by atoms with Gasteiger partial charge in [0, 0.05) is 4.88 Å². The number of benzene rings is 1. The van der Waals surface area contributed by atoms with E-state index in [0.29, 0.717) is 4.88 Å². The highest BCUT2D eigenvalue weighted by molar-refractivity contribution is 9.10. The molecule has 0 spiro atoms. The van der Waals surface area contributed by atoms with E-state index >= 15 is 0 Å². The highest BCUT2D eigenvalue weighted by Crippen LogP contribution is 2.38. The molecular weight excluding hydrogens is 312 g/mol. The molecule has 2 rings (SSSR count). The molecule has 1 atom stereocenters. The lowest BCUT2D eigenvalue weighted by Crippen LogP contribution is -2.13. The number of hydrogen-bond donors (Lipinski definition) is 2. The van der Waals surface area contributed by atoms with E-state index in [4.69, 9.17) is 5.73 Å². The van der Waals surface area contributed by atoms with Crippen molar-refractivity contribution in [1.29, 1.82) is 0 Å². The fourth-order valence-electron chi connectivity index (χ4n) is 1.50. The molecule has 0 aliphatic rings. The van der Waals surface area contributed by atoms with Gasteiger partial charge in [0.15, 0.2) is 11.6 Å². The van der Waals surface area contributed by atoms with E-state index in [1.807, 2.05) is 0 Å². The van der Waals surface area contributed by atoms with Crippen LogP contribution in [0.3, 0.4) is 0 Å². The third-order valence-electron chi connectivity index (χ3n) is 2.34. The Bertz CT molecular complexity index is 519. The molecule has 0 unspecified atom stereocenters. The largest absolute Gasteiger partial charge is 0.506 e. The zero-order valence-corrected chi connectivity index (χ0v) is 10.9. The van der Waals surface area contributed by atoms with E-state index in [0.717, 1.165) is 6.07 Å². The molecule has 17 heavy (non-hydrogen) atoms. The van der Waals surface area contributed by atoms with Gasteiger partial charge in [0.25, 0.3) is 0 Å². The van der Waals surface area contributed by atoms with Crippen LogP contribution in [0.1, 0.15) is 16.5 Å². The smallest absolute Gasteiger partial charge is 0.167 e. The molecule has 0 radical (unpaired) electrons. The van der Waals surface area contributed by atoms with Crippen molar-refractivity contribution < 1.29 is 13.9 Å². The lowest BCUT2D eigenvalue weighted by molar-refractivity contribution is 0.434. The number of phenolic OH excluding ortho intramolecular Hbond substituents is 1. The molecule has 2 aromatic rings. The second-order valence-corrected chi connectivity index (χ2v) is 5.24. The third-order valence-corrected chi connectivity index (χ3v) is 3.90. The standard InChI is InChI=1S/C11H8BrF2NOS/c12-5-4-6(13)9(14)8(11(5)16)10(15)7-2-1-3-17-7/h1-4,10,16H,15H2/t10-/m1/s1. The van der Waals surface area contributed by atoms with Gasteiger partial charge in [-0.1, -0.05) is 6.07 Å². The van der Waals surface area contributed by atoms with Crippen molar-refractivity contribution in [3.05, 3.63) is 50.1 Å². The van der Waals surface area contributed by atoms with Gasteiger partial charge >= 0.3 is 0 Å². The van der Waals surface area contributed by atoms with Crippen LogP contribution in [0.25, 0.3) is 0 Å². The van der Waals surface area contributed by atoms with E-state index in [1.165, 1.54) is 11.3 Å². The Hall–Kier alpha value is -0.980. The Kier molecular flexibility index (Phi) is 3.46. The van der Waals surface area contributed by atoms with E-state index in [-0.39, 0.29) is 15.8 Å². The normalized spacial score (nSPS) is 12.7. The summed E-state index contributed by atoms with van der Waals surface area (Å²) in [4.78, 5) is 0.650. The van der Waals surface area contributed by atoms with Crippen LogP contribution >= 0.6 is 27.3 Å². The topological polar surface area (TPSA) is 46.2 Å². The summed E-state index contributed by atoms with van der Waals surface area (Å²) in [6.07, 6.45) is 0. The summed E-state index contributed by atoms with van der Waals surface area (Å²) in [5.41, 5.74) is 5.59. The Morgan fingerprint density at radius 3 is 2.71 bits per heavy atom. The molecule has 0 bridgehead atoms. The number of nitrogens with two attached hydrogens (primary N) is 1. The number of thiophene rings is 1. The maximum Gasteiger partial charge on any atom is 0.167 e. The molecule has 0 aliphatic carbocycles. The van der Waals surface area contributed by atoms with Crippen LogP contribution in [0.5, 0.6) is 5.75 Å². The fraction of sp³-hybridized carbons (Fsp3) is 0.0909. The van der Waals surface area contributed by atoms with Crippen LogP contribution in [0.4, 0.5) is 8.78 Å². The van der Waals surface area contributed by atoms with Gasteiger partial charge in [-0.15, -0.1) is 11.3 Å². The van der Waals surface area contributed by atoms with Crippen molar-refractivity contribution in [1.82, 2.24) is 0 Å². The molecule has 0 fully saturated rings. The second-order valence-electron chi connectivity index (χ2n) is 3.41. The van der Waals surface area contributed by atoms with Crippen molar-refractivity contribution in [2.45, 2.75) is 6.04 Å². The van der Waals surface area contributed by atoms with Crippen LogP contribution < -0.4 is 5.73 Å². The summed E-state index contributed by atoms with van der Waals surface area (Å²) in [6, 6.07) is 3.44. The van der Waals surface area contributed by atoms with Gasteiger partial charge in [0.05, 0.1) is 16.1 Å². The summed E-state index contributed by atoms with van der Waals surface area (Å²) in [5, 5.41) is 11.5. The Labute approximate surface area is 109 Å². The molecule has 0 amide bonds. The minimum absolute atomic E-state index is 0.0819. The first-order valence-electron chi connectivity index (χ1n) is 4.67. The second kappa shape index (κ2) is 4.72. The third kappa shape index (κ3) is 2.20. The molecule has 1 aromatic heterocycles. The summed E-state index contributed by atoms with van der Waals surface area (Å²) in [7, 11) is 0. The average molecular weight is 320 g/mol. The lowest BCUT2D eigenvalue weighted by Gasteiger charge is -2.14. The number of phenols is 1. The molecule has 1 aromatic carbocycles. The summed E-state index contributed by atoms with van der Waals surface area (Å²) >= 11 is 4.27. The van der Waals surface area contributed by atoms with Crippen LogP contribution in [-0.4, -0.2) is 5.11 Å². The van der Waals surface area contributed by atoms with Crippen LogP contribution in [0.2, 0.25) is 0 Å². The highest BCUT2D eigenvalue weighted by Gasteiger charge is 2.23. The SMILES string of the molecule is N[C@H](c1cccs1)c1c(O)c(Br)cc(F)c1F. The molecule has 1 heterocycles.